The molecule has 0 aromatic carbocycles. The summed E-state index contributed by atoms with van der Waals surface area (Å²) in [4.78, 5) is 15.6. The highest BCUT2D eigenvalue weighted by Crippen LogP contribution is 2.29. The quantitative estimate of drug-likeness (QED) is 0.765. The van der Waals surface area contributed by atoms with E-state index in [-0.39, 0.29) is 17.9 Å². The molecule has 18 heavy (non-hydrogen) atoms. The SMILES string of the molecule is CC(=O)N(C)C1CCN(CC2(CO)COC2)CC1. The van der Waals surface area contributed by atoms with Crippen LogP contribution in [0.5, 0.6) is 0 Å². The van der Waals surface area contributed by atoms with E-state index in [0.29, 0.717) is 19.3 Å². The lowest BCUT2D eigenvalue weighted by Crippen LogP contribution is -2.55. The van der Waals surface area contributed by atoms with Crippen molar-refractivity contribution in [2.24, 2.45) is 5.41 Å². The number of rotatable bonds is 4. The molecular weight excluding hydrogens is 232 g/mol. The van der Waals surface area contributed by atoms with Gasteiger partial charge in [0.05, 0.1) is 25.2 Å². The van der Waals surface area contributed by atoms with E-state index < -0.39 is 0 Å². The minimum Gasteiger partial charge on any atom is -0.396 e. The van der Waals surface area contributed by atoms with E-state index in [9.17, 15) is 9.90 Å². The Labute approximate surface area is 109 Å². The predicted molar refractivity (Wildman–Crippen MR) is 68.2 cm³/mol. The fourth-order valence-corrected chi connectivity index (χ4v) is 2.82. The van der Waals surface area contributed by atoms with Crippen molar-refractivity contribution in [2.75, 3.05) is 46.5 Å². The van der Waals surface area contributed by atoms with Crippen molar-refractivity contribution in [1.82, 2.24) is 9.80 Å². The summed E-state index contributed by atoms with van der Waals surface area (Å²) >= 11 is 0. The maximum absolute atomic E-state index is 11.3. The van der Waals surface area contributed by atoms with E-state index in [0.717, 1.165) is 32.5 Å². The molecule has 5 heteroatoms. The molecule has 2 aliphatic heterocycles. The van der Waals surface area contributed by atoms with Gasteiger partial charge in [-0.1, -0.05) is 0 Å². The standard InChI is InChI=1S/C13H24N2O3/c1-11(17)14(2)12-3-5-15(6-4-12)7-13(8-16)9-18-10-13/h12,16H,3-10H2,1-2H3. The number of piperidine rings is 1. The number of carbonyl (C=O) groups excluding carboxylic acids is 1. The fraction of sp³-hybridized carbons (Fsp3) is 0.923. The first-order chi connectivity index (χ1) is 8.56. The maximum atomic E-state index is 11.3. The van der Waals surface area contributed by atoms with Crippen molar-refractivity contribution in [3.8, 4) is 0 Å². The smallest absolute Gasteiger partial charge is 0.219 e. The molecule has 104 valence electrons. The average molecular weight is 256 g/mol. The first-order valence-corrected chi connectivity index (χ1v) is 6.71. The summed E-state index contributed by atoms with van der Waals surface area (Å²) in [5.74, 6) is 0.146. The van der Waals surface area contributed by atoms with E-state index in [2.05, 4.69) is 4.90 Å². The molecule has 0 aromatic heterocycles. The summed E-state index contributed by atoms with van der Waals surface area (Å²) in [6, 6.07) is 0.376. The summed E-state index contributed by atoms with van der Waals surface area (Å²) in [7, 11) is 1.89. The molecular formula is C13H24N2O3. The molecule has 0 aromatic rings. The second-order valence-corrected chi connectivity index (χ2v) is 5.79. The molecule has 0 saturated carbocycles. The Bertz CT molecular complexity index is 291. The van der Waals surface area contributed by atoms with Crippen LogP contribution in [0.1, 0.15) is 19.8 Å². The van der Waals surface area contributed by atoms with Crippen LogP contribution in [-0.4, -0.2) is 73.4 Å². The molecule has 5 nitrogen and oxygen atoms in total. The van der Waals surface area contributed by atoms with Crippen LogP contribution >= 0.6 is 0 Å². The van der Waals surface area contributed by atoms with Gasteiger partial charge in [-0.3, -0.25) is 4.79 Å². The third-order valence-electron chi connectivity index (χ3n) is 4.31. The monoisotopic (exact) mass is 256 g/mol. The van der Waals surface area contributed by atoms with Crippen LogP contribution in [0, 0.1) is 5.41 Å². The first-order valence-electron chi connectivity index (χ1n) is 6.71. The molecule has 0 unspecified atom stereocenters. The van der Waals surface area contributed by atoms with E-state index in [1.54, 1.807) is 6.92 Å². The second-order valence-electron chi connectivity index (χ2n) is 5.79. The van der Waals surface area contributed by atoms with Gasteiger partial charge < -0.3 is 19.6 Å². The summed E-state index contributed by atoms with van der Waals surface area (Å²) in [5, 5.41) is 9.42. The van der Waals surface area contributed by atoms with Crippen molar-refractivity contribution in [2.45, 2.75) is 25.8 Å². The van der Waals surface area contributed by atoms with Gasteiger partial charge in [-0.15, -0.1) is 0 Å². The zero-order chi connectivity index (χ0) is 13.2. The molecule has 0 bridgehead atoms. The Kier molecular flexibility index (Phi) is 4.25. The lowest BCUT2D eigenvalue weighted by Gasteiger charge is -2.45. The number of aliphatic hydroxyl groups is 1. The van der Waals surface area contributed by atoms with Gasteiger partial charge in [0.2, 0.25) is 5.91 Å². The molecule has 0 spiro atoms. The van der Waals surface area contributed by atoms with Gasteiger partial charge >= 0.3 is 0 Å². The van der Waals surface area contributed by atoms with Gasteiger partial charge in [-0.2, -0.15) is 0 Å². The van der Waals surface area contributed by atoms with Crippen LogP contribution < -0.4 is 0 Å². The summed E-state index contributed by atoms with van der Waals surface area (Å²) in [6.45, 7) is 6.11. The number of nitrogens with zero attached hydrogens (tertiary/aromatic N) is 2. The number of amides is 1. The van der Waals surface area contributed by atoms with Crippen molar-refractivity contribution in [3.63, 3.8) is 0 Å². The van der Waals surface area contributed by atoms with Crippen LogP contribution in [0.15, 0.2) is 0 Å². The molecule has 2 fully saturated rings. The fourth-order valence-electron chi connectivity index (χ4n) is 2.82. The van der Waals surface area contributed by atoms with Crippen LogP contribution in [0.2, 0.25) is 0 Å². The number of likely N-dealkylation sites (tertiary alicyclic amines) is 1. The van der Waals surface area contributed by atoms with Gasteiger partial charge in [0.15, 0.2) is 0 Å². The average Bonchev–Trinajstić information content (AvgIpc) is 2.33. The Morgan fingerprint density at radius 3 is 2.44 bits per heavy atom. The number of carbonyl (C=O) groups is 1. The normalized spacial score (nSPS) is 24.6. The van der Waals surface area contributed by atoms with Crippen molar-refractivity contribution < 1.29 is 14.6 Å². The van der Waals surface area contributed by atoms with Crippen LogP contribution in [0.4, 0.5) is 0 Å². The van der Waals surface area contributed by atoms with E-state index in [1.165, 1.54) is 0 Å². The number of hydrogen-bond donors (Lipinski definition) is 1. The van der Waals surface area contributed by atoms with Gasteiger partial charge in [-0.25, -0.2) is 0 Å². The molecule has 0 atom stereocenters. The molecule has 2 rings (SSSR count). The predicted octanol–water partition coefficient (Wildman–Crippen LogP) is -0.0620. The topological polar surface area (TPSA) is 53.0 Å². The molecule has 2 heterocycles. The molecule has 0 aliphatic carbocycles. The van der Waals surface area contributed by atoms with Crippen molar-refractivity contribution in [3.05, 3.63) is 0 Å². The largest absolute Gasteiger partial charge is 0.396 e. The van der Waals surface area contributed by atoms with Crippen LogP contribution in [-0.2, 0) is 9.53 Å². The van der Waals surface area contributed by atoms with Crippen molar-refractivity contribution in [1.29, 1.82) is 0 Å². The van der Waals surface area contributed by atoms with Crippen molar-refractivity contribution >= 4 is 5.91 Å². The number of ether oxygens (including phenoxy) is 1. The van der Waals surface area contributed by atoms with Gasteiger partial charge in [-0.05, 0) is 12.8 Å². The highest BCUT2D eigenvalue weighted by Gasteiger charge is 2.40. The van der Waals surface area contributed by atoms with Gasteiger partial charge in [0, 0.05) is 39.6 Å². The summed E-state index contributed by atoms with van der Waals surface area (Å²) in [6.07, 6.45) is 2.05. The first kappa shape index (κ1) is 13.8. The van der Waals surface area contributed by atoms with Crippen LogP contribution in [0.25, 0.3) is 0 Å². The van der Waals surface area contributed by atoms with E-state index in [4.69, 9.17) is 4.74 Å². The van der Waals surface area contributed by atoms with E-state index in [1.807, 2.05) is 11.9 Å². The Morgan fingerprint density at radius 2 is 2.06 bits per heavy atom. The van der Waals surface area contributed by atoms with E-state index >= 15 is 0 Å². The lowest BCUT2D eigenvalue weighted by atomic mass is 9.85. The molecule has 1 amide bonds. The number of aliphatic hydroxyl groups excluding tert-OH is 1. The van der Waals surface area contributed by atoms with Gasteiger partial charge in [0.25, 0.3) is 0 Å². The number of hydrogen-bond acceptors (Lipinski definition) is 4. The zero-order valence-electron chi connectivity index (χ0n) is 11.4. The zero-order valence-corrected chi connectivity index (χ0v) is 11.4. The Hall–Kier alpha value is -0.650. The van der Waals surface area contributed by atoms with Gasteiger partial charge in [0.1, 0.15) is 0 Å². The lowest BCUT2D eigenvalue weighted by molar-refractivity contribution is -0.150. The molecule has 2 saturated heterocycles. The van der Waals surface area contributed by atoms with Crippen LogP contribution in [0.3, 0.4) is 0 Å². The minimum atomic E-state index is -0.0285. The Balaban J connectivity index is 1.78. The summed E-state index contributed by atoms with van der Waals surface area (Å²) in [5.41, 5.74) is -0.0285. The molecule has 1 N–H and O–H groups in total. The third-order valence-corrected chi connectivity index (χ3v) is 4.31. The molecule has 0 radical (unpaired) electrons. The highest BCUT2D eigenvalue weighted by molar-refractivity contribution is 5.73. The third kappa shape index (κ3) is 2.84. The highest BCUT2D eigenvalue weighted by atomic mass is 16.5. The second kappa shape index (κ2) is 5.55. The minimum absolute atomic E-state index is 0.0285. The maximum Gasteiger partial charge on any atom is 0.219 e. The summed E-state index contributed by atoms with van der Waals surface area (Å²) < 4.78 is 5.22. The Morgan fingerprint density at radius 1 is 1.44 bits per heavy atom. The molecule has 2 aliphatic rings.